The first kappa shape index (κ1) is 14.8. The predicted octanol–water partition coefficient (Wildman–Crippen LogP) is 3.55. The lowest BCUT2D eigenvalue weighted by Crippen LogP contribution is -2.35. The van der Waals surface area contributed by atoms with E-state index in [2.05, 4.69) is 12.2 Å². The van der Waals surface area contributed by atoms with Crippen molar-refractivity contribution in [3.8, 4) is 0 Å². The van der Waals surface area contributed by atoms with Crippen LogP contribution in [0.3, 0.4) is 0 Å². The molecule has 4 heteroatoms. The van der Waals surface area contributed by atoms with E-state index in [4.69, 9.17) is 27.9 Å². The molecule has 17 heavy (non-hydrogen) atoms. The van der Waals surface area contributed by atoms with Gasteiger partial charge in [-0.3, -0.25) is 0 Å². The zero-order valence-electron chi connectivity index (χ0n) is 10.3. The highest BCUT2D eigenvalue weighted by Crippen LogP contribution is 2.22. The molecule has 0 amide bonds. The summed E-state index contributed by atoms with van der Waals surface area (Å²) in [6.07, 6.45) is 0.851. The molecule has 0 radical (unpaired) electrons. The molecule has 0 aliphatic heterocycles. The first-order valence-corrected chi connectivity index (χ1v) is 6.68. The Kier molecular flexibility index (Phi) is 6.90. The van der Waals surface area contributed by atoms with E-state index in [0.29, 0.717) is 17.7 Å². The van der Waals surface area contributed by atoms with Gasteiger partial charge in [0, 0.05) is 22.7 Å². The van der Waals surface area contributed by atoms with Crippen LogP contribution in [-0.4, -0.2) is 25.8 Å². The van der Waals surface area contributed by atoms with Crippen molar-refractivity contribution in [2.75, 3.05) is 19.8 Å². The second-order valence-electron chi connectivity index (χ2n) is 3.85. The van der Waals surface area contributed by atoms with E-state index in [-0.39, 0.29) is 0 Å². The number of hydrogen-bond acceptors (Lipinski definition) is 2. The molecule has 1 aromatic carbocycles. The van der Waals surface area contributed by atoms with Gasteiger partial charge in [0.15, 0.2) is 0 Å². The van der Waals surface area contributed by atoms with Crippen molar-refractivity contribution in [2.24, 2.45) is 0 Å². The molecule has 0 bridgehead atoms. The van der Waals surface area contributed by atoms with Gasteiger partial charge in [0.2, 0.25) is 0 Å². The van der Waals surface area contributed by atoms with E-state index in [1.807, 2.05) is 19.1 Å². The van der Waals surface area contributed by atoms with Gasteiger partial charge < -0.3 is 10.1 Å². The van der Waals surface area contributed by atoms with Crippen molar-refractivity contribution in [3.05, 3.63) is 33.8 Å². The third-order valence-electron chi connectivity index (χ3n) is 2.50. The zero-order valence-corrected chi connectivity index (χ0v) is 11.8. The lowest BCUT2D eigenvalue weighted by molar-refractivity contribution is 0.123. The van der Waals surface area contributed by atoms with Gasteiger partial charge in [-0.25, -0.2) is 0 Å². The molecule has 0 aliphatic rings. The average molecular weight is 276 g/mol. The predicted molar refractivity (Wildman–Crippen MR) is 74.1 cm³/mol. The molecular formula is C13H19Cl2NO. The smallest absolute Gasteiger partial charge is 0.0622 e. The molecular weight excluding hydrogens is 257 g/mol. The van der Waals surface area contributed by atoms with Crippen molar-refractivity contribution in [2.45, 2.75) is 26.3 Å². The fourth-order valence-electron chi connectivity index (χ4n) is 1.69. The Morgan fingerprint density at radius 3 is 2.65 bits per heavy atom. The minimum atomic E-state index is 0.290. The fraction of sp³-hybridized carbons (Fsp3) is 0.538. The van der Waals surface area contributed by atoms with E-state index in [1.54, 1.807) is 6.07 Å². The fourth-order valence-corrected chi connectivity index (χ4v) is 2.18. The van der Waals surface area contributed by atoms with Crippen LogP contribution in [0.1, 0.15) is 19.4 Å². The molecule has 0 spiro atoms. The van der Waals surface area contributed by atoms with E-state index in [9.17, 15) is 0 Å². The summed E-state index contributed by atoms with van der Waals surface area (Å²) in [5.74, 6) is 0. The van der Waals surface area contributed by atoms with Crippen molar-refractivity contribution < 1.29 is 4.74 Å². The average Bonchev–Trinajstić information content (AvgIpc) is 2.29. The van der Waals surface area contributed by atoms with Gasteiger partial charge in [-0.1, -0.05) is 36.2 Å². The van der Waals surface area contributed by atoms with Crippen LogP contribution >= 0.6 is 23.2 Å². The topological polar surface area (TPSA) is 21.3 Å². The molecule has 1 aromatic rings. The van der Waals surface area contributed by atoms with Crippen LogP contribution in [0.4, 0.5) is 0 Å². The van der Waals surface area contributed by atoms with Crippen molar-refractivity contribution in [1.29, 1.82) is 0 Å². The lowest BCUT2D eigenvalue weighted by Gasteiger charge is -2.18. The van der Waals surface area contributed by atoms with E-state index in [1.165, 1.54) is 0 Å². The standard InChI is InChI=1S/C13H19Cl2NO/c1-3-16-12(9-17-4-2)7-10-5-6-11(14)8-13(10)15/h5-6,8,12,16H,3-4,7,9H2,1-2H3. The second-order valence-corrected chi connectivity index (χ2v) is 4.70. The zero-order chi connectivity index (χ0) is 12.7. The number of likely N-dealkylation sites (N-methyl/N-ethyl adjacent to an activating group) is 1. The molecule has 1 unspecified atom stereocenters. The molecule has 1 N–H and O–H groups in total. The molecule has 0 saturated carbocycles. The number of benzene rings is 1. The molecule has 96 valence electrons. The minimum absolute atomic E-state index is 0.290. The van der Waals surface area contributed by atoms with Gasteiger partial charge in [-0.2, -0.15) is 0 Å². The molecule has 1 atom stereocenters. The molecule has 2 nitrogen and oxygen atoms in total. The molecule has 1 rings (SSSR count). The quantitative estimate of drug-likeness (QED) is 0.822. The van der Waals surface area contributed by atoms with Crippen LogP contribution < -0.4 is 5.32 Å². The largest absolute Gasteiger partial charge is 0.380 e. The SMILES string of the molecule is CCNC(COCC)Cc1ccc(Cl)cc1Cl. The molecule has 0 aromatic heterocycles. The monoisotopic (exact) mass is 275 g/mol. The molecule has 0 fully saturated rings. The summed E-state index contributed by atoms with van der Waals surface area (Å²) < 4.78 is 5.45. The first-order chi connectivity index (χ1) is 8.17. The number of ether oxygens (including phenoxy) is 1. The summed E-state index contributed by atoms with van der Waals surface area (Å²) in [6.45, 7) is 6.43. The summed E-state index contributed by atoms with van der Waals surface area (Å²) >= 11 is 12.0. The summed E-state index contributed by atoms with van der Waals surface area (Å²) in [7, 11) is 0. The highest BCUT2D eigenvalue weighted by molar-refractivity contribution is 6.35. The summed E-state index contributed by atoms with van der Waals surface area (Å²) in [5, 5.41) is 4.78. The van der Waals surface area contributed by atoms with Crippen LogP contribution in [-0.2, 0) is 11.2 Å². The Labute approximate surface area is 113 Å². The van der Waals surface area contributed by atoms with Gasteiger partial charge in [0.1, 0.15) is 0 Å². The van der Waals surface area contributed by atoms with Crippen LogP contribution in [0, 0.1) is 0 Å². The normalized spacial score (nSPS) is 12.7. The Hall–Kier alpha value is -0.280. The second kappa shape index (κ2) is 7.93. The Balaban J connectivity index is 2.64. The van der Waals surface area contributed by atoms with Crippen LogP contribution in [0.2, 0.25) is 10.0 Å². The molecule has 0 aliphatic carbocycles. The van der Waals surface area contributed by atoms with Gasteiger partial charge in [0.05, 0.1) is 6.61 Å². The summed E-state index contributed by atoms with van der Waals surface area (Å²) in [6, 6.07) is 5.91. The molecule has 0 saturated heterocycles. The third-order valence-corrected chi connectivity index (χ3v) is 3.08. The highest BCUT2D eigenvalue weighted by atomic mass is 35.5. The minimum Gasteiger partial charge on any atom is -0.380 e. The first-order valence-electron chi connectivity index (χ1n) is 5.92. The van der Waals surface area contributed by atoms with Crippen LogP contribution in [0.5, 0.6) is 0 Å². The van der Waals surface area contributed by atoms with E-state index in [0.717, 1.165) is 30.2 Å². The number of nitrogens with one attached hydrogen (secondary N) is 1. The lowest BCUT2D eigenvalue weighted by atomic mass is 10.1. The highest BCUT2D eigenvalue weighted by Gasteiger charge is 2.11. The summed E-state index contributed by atoms with van der Waals surface area (Å²) in [5.41, 5.74) is 1.10. The van der Waals surface area contributed by atoms with Gasteiger partial charge >= 0.3 is 0 Å². The summed E-state index contributed by atoms with van der Waals surface area (Å²) in [4.78, 5) is 0. The van der Waals surface area contributed by atoms with Crippen molar-refractivity contribution >= 4 is 23.2 Å². The third kappa shape index (κ3) is 5.26. The maximum absolute atomic E-state index is 6.15. The van der Waals surface area contributed by atoms with Crippen LogP contribution in [0.25, 0.3) is 0 Å². The number of hydrogen-bond donors (Lipinski definition) is 1. The van der Waals surface area contributed by atoms with Gasteiger partial charge in [-0.05, 0) is 37.6 Å². The van der Waals surface area contributed by atoms with Gasteiger partial charge in [-0.15, -0.1) is 0 Å². The Morgan fingerprint density at radius 1 is 1.29 bits per heavy atom. The Bertz CT molecular complexity index is 344. The number of halogens is 2. The van der Waals surface area contributed by atoms with Crippen molar-refractivity contribution in [1.82, 2.24) is 5.32 Å². The van der Waals surface area contributed by atoms with Crippen molar-refractivity contribution in [3.63, 3.8) is 0 Å². The Morgan fingerprint density at radius 2 is 2.06 bits per heavy atom. The number of rotatable bonds is 7. The van der Waals surface area contributed by atoms with E-state index < -0.39 is 0 Å². The maximum atomic E-state index is 6.15. The molecule has 0 heterocycles. The maximum Gasteiger partial charge on any atom is 0.0622 e. The van der Waals surface area contributed by atoms with E-state index >= 15 is 0 Å². The van der Waals surface area contributed by atoms with Gasteiger partial charge in [0.25, 0.3) is 0 Å². The van der Waals surface area contributed by atoms with Crippen LogP contribution in [0.15, 0.2) is 18.2 Å².